The van der Waals surface area contributed by atoms with Crippen molar-refractivity contribution < 1.29 is 18.7 Å². The number of nitrogens with zero attached hydrogens (tertiary/aromatic N) is 2. The number of halogens is 1. The zero-order valence-electron chi connectivity index (χ0n) is 18.3. The van der Waals surface area contributed by atoms with E-state index in [4.69, 9.17) is 17.0 Å². The molecule has 0 saturated carbocycles. The number of carbonyl (C=O) groups excluding carboxylic acids is 2. The maximum Gasteiger partial charge on any atom is 0.252 e. The molecule has 2 amide bonds. The van der Waals surface area contributed by atoms with Crippen molar-refractivity contribution in [1.29, 1.82) is 0 Å². The SMILES string of the molecule is CCCOc1ccc(NC(=O)C[C@H]2C(=O)N(CC)C(=S)N2CCc2ccc(F)cc2)cc1. The van der Waals surface area contributed by atoms with Gasteiger partial charge in [-0.15, -0.1) is 0 Å². The van der Waals surface area contributed by atoms with Crippen LogP contribution in [0, 0.1) is 5.82 Å². The van der Waals surface area contributed by atoms with Crippen LogP contribution in [0.25, 0.3) is 0 Å². The molecule has 170 valence electrons. The van der Waals surface area contributed by atoms with E-state index in [0.717, 1.165) is 17.7 Å². The highest BCUT2D eigenvalue weighted by Gasteiger charge is 2.42. The second-order valence-electron chi connectivity index (χ2n) is 7.58. The number of amides is 2. The molecule has 1 fully saturated rings. The molecular formula is C24H28FN3O3S. The van der Waals surface area contributed by atoms with Gasteiger partial charge in [0, 0.05) is 18.8 Å². The molecule has 0 aliphatic carbocycles. The van der Waals surface area contributed by atoms with Crippen molar-refractivity contribution in [2.45, 2.75) is 39.2 Å². The third-order valence-electron chi connectivity index (χ3n) is 5.26. The number of benzene rings is 2. The van der Waals surface area contributed by atoms with Crippen LogP contribution >= 0.6 is 12.2 Å². The molecule has 32 heavy (non-hydrogen) atoms. The van der Waals surface area contributed by atoms with Crippen molar-refractivity contribution in [3.63, 3.8) is 0 Å². The smallest absolute Gasteiger partial charge is 0.252 e. The van der Waals surface area contributed by atoms with Gasteiger partial charge in [-0.25, -0.2) is 4.39 Å². The molecule has 2 aromatic rings. The van der Waals surface area contributed by atoms with E-state index in [-0.39, 0.29) is 24.1 Å². The Balaban J connectivity index is 1.64. The van der Waals surface area contributed by atoms with Gasteiger partial charge in [0.25, 0.3) is 5.91 Å². The number of hydrogen-bond donors (Lipinski definition) is 1. The van der Waals surface area contributed by atoms with Crippen LogP contribution in [0.1, 0.15) is 32.3 Å². The Morgan fingerprint density at radius 1 is 1.12 bits per heavy atom. The highest BCUT2D eigenvalue weighted by molar-refractivity contribution is 7.80. The summed E-state index contributed by atoms with van der Waals surface area (Å²) >= 11 is 5.51. The Bertz CT molecular complexity index is 950. The summed E-state index contributed by atoms with van der Waals surface area (Å²) in [5.41, 5.74) is 1.57. The summed E-state index contributed by atoms with van der Waals surface area (Å²) in [7, 11) is 0. The molecule has 0 bridgehead atoms. The largest absolute Gasteiger partial charge is 0.494 e. The van der Waals surface area contributed by atoms with Crippen LogP contribution in [0.4, 0.5) is 10.1 Å². The lowest BCUT2D eigenvalue weighted by atomic mass is 10.1. The van der Waals surface area contributed by atoms with Gasteiger partial charge in [-0.3, -0.25) is 14.5 Å². The molecule has 1 aliphatic rings. The number of thiocarbonyl (C=S) groups is 1. The van der Waals surface area contributed by atoms with Crippen LogP contribution in [-0.4, -0.2) is 52.5 Å². The lowest BCUT2D eigenvalue weighted by molar-refractivity contribution is -0.130. The maximum atomic E-state index is 13.2. The fraction of sp³-hybridized carbons (Fsp3) is 0.375. The van der Waals surface area contributed by atoms with E-state index in [1.54, 1.807) is 41.3 Å². The van der Waals surface area contributed by atoms with Gasteiger partial charge in [0.15, 0.2) is 5.11 Å². The molecule has 8 heteroatoms. The Hall–Kier alpha value is -3.00. The van der Waals surface area contributed by atoms with E-state index < -0.39 is 6.04 Å². The third kappa shape index (κ3) is 5.82. The molecule has 0 unspecified atom stereocenters. The second-order valence-corrected chi connectivity index (χ2v) is 7.94. The minimum Gasteiger partial charge on any atom is -0.494 e. The van der Waals surface area contributed by atoms with Crippen molar-refractivity contribution in [2.24, 2.45) is 0 Å². The number of nitrogens with one attached hydrogen (secondary N) is 1. The number of hydrogen-bond acceptors (Lipinski definition) is 4. The van der Waals surface area contributed by atoms with Gasteiger partial charge >= 0.3 is 0 Å². The van der Waals surface area contributed by atoms with E-state index >= 15 is 0 Å². The van der Waals surface area contributed by atoms with Gasteiger partial charge in [0.05, 0.1) is 13.0 Å². The first kappa shape index (κ1) is 23.7. The molecular weight excluding hydrogens is 429 g/mol. The van der Waals surface area contributed by atoms with Gasteiger partial charge in [0.1, 0.15) is 17.6 Å². The normalized spacial score (nSPS) is 15.9. The Morgan fingerprint density at radius 3 is 2.44 bits per heavy atom. The molecule has 2 aromatic carbocycles. The molecule has 1 saturated heterocycles. The second kappa shape index (κ2) is 11.0. The molecule has 1 heterocycles. The van der Waals surface area contributed by atoms with Crippen LogP contribution in [0.3, 0.4) is 0 Å². The first-order valence-electron chi connectivity index (χ1n) is 10.8. The maximum absolute atomic E-state index is 13.2. The molecule has 0 spiro atoms. The van der Waals surface area contributed by atoms with E-state index in [1.807, 2.05) is 13.8 Å². The molecule has 0 aromatic heterocycles. The number of anilines is 1. The highest BCUT2D eigenvalue weighted by Crippen LogP contribution is 2.23. The first-order chi connectivity index (χ1) is 15.4. The minimum atomic E-state index is -0.657. The molecule has 1 N–H and O–H groups in total. The predicted octanol–water partition coefficient (Wildman–Crippen LogP) is 4.00. The Morgan fingerprint density at radius 2 is 1.81 bits per heavy atom. The zero-order chi connectivity index (χ0) is 23.1. The zero-order valence-corrected chi connectivity index (χ0v) is 19.2. The van der Waals surface area contributed by atoms with Gasteiger partial charge in [-0.2, -0.15) is 0 Å². The summed E-state index contributed by atoms with van der Waals surface area (Å²) in [5.74, 6) is 0.0113. The Labute approximate surface area is 193 Å². The fourth-order valence-electron chi connectivity index (χ4n) is 3.58. The van der Waals surface area contributed by atoms with E-state index in [0.29, 0.717) is 36.9 Å². The van der Waals surface area contributed by atoms with Gasteiger partial charge < -0.3 is 15.0 Å². The van der Waals surface area contributed by atoms with Crippen molar-refractivity contribution in [2.75, 3.05) is 25.0 Å². The summed E-state index contributed by atoms with van der Waals surface area (Å²) in [6.07, 6.45) is 1.50. The summed E-state index contributed by atoms with van der Waals surface area (Å²) < 4.78 is 18.7. The topological polar surface area (TPSA) is 61.9 Å². The predicted molar refractivity (Wildman–Crippen MR) is 126 cm³/mol. The standard InChI is InChI=1S/C24H28FN3O3S/c1-3-15-31-20-11-9-19(10-12-20)26-22(29)16-21-23(30)27(4-2)24(32)28(21)14-13-17-5-7-18(25)8-6-17/h5-12,21H,3-4,13-16H2,1-2H3,(H,26,29)/t21-/m0/s1. The summed E-state index contributed by atoms with van der Waals surface area (Å²) in [6.45, 7) is 5.44. The molecule has 3 rings (SSSR count). The summed E-state index contributed by atoms with van der Waals surface area (Å²) in [6, 6.07) is 12.7. The first-order valence-corrected chi connectivity index (χ1v) is 11.2. The van der Waals surface area contributed by atoms with Crippen LogP contribution < -0.4 is 10.1 Å². The van der Waals surface area contributed by atoms with Crippen LogP contribution in [0.5, 0.6) is 5.75 Å². The number of likely N-dealkylation sites (N-methyl/N-ethyl adjacent to an activating group) is 1. The van der Waals surface area contributed by atoms with Crippen molar-refractivity contribution in [3.8, 4) is 5.75 Å². The molecule has 0 radical (unpaired) electrons. The number of carbonyl (C=O) groups is 2. The number of rotatable bonds is 10. The van der Waals surface area contributed by atoms with Crippen molar-refractivity contribution >= 4 is 34.8 Å². The minimum absolute atomic E-state index is 0.00697. The van der Waals surface area contributed by atoms with Gasteiger partial charge in [-0.05, 0) is 73.9 Å². The average molecular weight is 458 g/mol. The lowest BCUT2D eigenvalue weighted by Gasteiger charge is -2.23. The van der Waals surface area contributed by atoms with Crippen molar-refractivity contribution in [3.05, 3.63) is 59.9 Å². The van der Waals surface area contributed by atoms with E-state index in [9.17, 15) is 14.0 Å². The monoisotopic (exact) mass is 457 g/mol. The summed E-state index contributed by atoms with van der Waals surface area (Å²) in [4.78, 5) is 28.9. The third-order valence-corrected chi connectivity index (χ3v) is 5.72. The van der Waals surface area contributed by atoms with Crippen LogP contribution in [-0.2, 0) is 16.0 Å². The highest BCUT2D eigenvalue weighted by atomic mass is 32.1. The van der Waals surface area contributed by atoms with E-state index in [1.165, 1.54) is 17.0 Å². The summed E-state index contributed by atoms with van der Waals surface area (Å²) in [5, 5.41) is 3.27. The van der Waals surface area contributed by atoms with Crippen molar-refractivity contribution in [1.82, 2.24) is 9.80 Å². The van der Waals surface area contributed by atoms with Gasteiger partial charge in [0.2, 0.25) is 5.91 Å². The average Bonchev–Trinajstić information content (AvgIpc) is 3.01. The molecule has 6 nitrogen and oxygen atoms in total. The fourth-order valence-corrected chi connectivity index (χ4v) is 4.02. The lowest BCUT2D eigenvalue weighted by Crippen LogP contribution is -2.39. The molecule has 1 aliphatic heterocycles. The molecule has 1 atom stereocenters. The van der Waals surface area contributed by atoms with E-state index in [2.05, 4.69) is 5.32 Å². The number of ether oxygens (including phenoxy) is 1. The quantitative estimate of drug-likeness (QED) is 0.547. The van der Waals surface area contributed by atoms with Gasteiger partial charge in [-0.1, -0.05) is 19.1 Å². The van der Waals surface area contributed by atoms with Crippen LogP contribution in [0.2, 0.25) is 0 Å². The Kier molecular flexibility index (Phi) is 8.16. The van der Waals surface area contributed by atoms with Crippen LogP contribution in [0.15, 0.2) is 48.5 Å².